The lowest BCUT2D eigenvalue weighted by Crippen LogP contribution is -2.56. The maximum atomic E-state index is 13.5. The molecule has 4 rings (SSSR count). The number of aromatic nitrogens is 2. The number of aliphatic hydroxyl groups is 2. The number of pyridine rings is 2. The molecule has 2 aromatic heterocycles. The van der Waals surface area contributed by atoms with E-state index in [2.05, 4.69) is 31.2 Å². The van der Waals surface area contributed by atoms with Crippen LogP contribution in [0.1, 0.15) is 75.4 Å². The van der Waals surface area contributed by atoms with Crippen LogP contribution in [0.3, 0.4) is 0 Å². The largest absolute Gasteiger partial charge is 0.491 e. The summed E-state index contributed by atoms with van der Waals surface area (Å²) in [5.41, 5.74) is 2.90. The summed E-state index contributed by atoms with van der Waals surface area (Å²) in [6.07, 6.45) is -3.80. The summed E-state index contributed by atoms with van der Waals surface area (Å²) in [5.74, 6) is -2.64. The molecule has 15 heteroatoms. The minimum Gasteiger partial charge on any atom is -0.393 e. The Kier molecular flexibility index (Phi) is 16.9. The molecule has 0 spiro atoms. The summed E-state index contributed by atoms with van der Waals surface area (Å²) in [4.78, 5) is 62.3. The molecule has 2 aromatic carbocycles. The van der Waals surface area contributed by atoms with Crippen LogP contribution in [0.15, 0.2) is 97.1 Å². The van der Waals surface area contributed by atoms with Gasteiger partial charge in [-0.25, -0.2) is 9.97 Å². The number of nitrogens with one attached hydrogen (secondary N) is 4. The average molecular weight is 780 g/mol. The first-order valence-corrected chi connectivity index (χ1v) is 19.0. The molecular weight excluding hydrogens is 727 g/mol. The zero-order valence-electron chi connectivity index (χ0n) is 33.1. The summed E-state index contributed by atoms with van der Waals surface area (Å²) in [5, 5.41) is 31.7. The quantitative estimate of drug-likeness (QED) is 0.0563. The lowest BCUT2D eigenvalue weighted by atomic mass is 10.1. The van der Waals surface area contributed by atoms with Gasteiger partial charge in [0, 0.05) is 11.1 Å². The van der Waals surface area contributed by atoms with Gasteiger partial charge in [-0.1, -0.05) is 100 Å². The van der Waals surface area contributed by atoms with E-state index in [0.29, 0.717) is 24.2 Å². The number of hydrogen-bond donors (Lipinski definition) is 6. The summed E-state index contributed by atoms with van der Waals surface area (Å²) in [7, 11) is 1.00. The van der Waals surface area contributed by atoms with E-state index in [1.54, 1.807) is 24.3 Å². The first-order valence-electron chi connectivity index (χ1n) is 19.0. The van der Waals surface area contributed by atoms with Crippen LogP contribution in [-0.4, -0.2) is 88.2 Å². The van der Waals surface area contributed by atoms with Crippen molar-refractivity contribution in [1.82, 2.24) is 31.2 Å². The molecule has 57 heavy (non-hydrogen) atoms. The second-order valence-electron chi connectivity index (χ2n) is 14.6. The number of carbonyl (C=O) groups is 4. The van der Waals surface area contributed by atoms with Crippen LogP contribution in [0.4, 0.5) is 0 Å². The Morgan fingerprint density at radius 1 is 0.544 bits per heavy atom. The van der Waals surface area contributed by atoms with Gasteiger partial charge in [0.2, 0.25) is 11.8 Å². The molecule has 0 aliphatic carbocycles. The SMILES string of the molecule is CC(C)C[C@H](NC(=O)[C@@H](NC(=O)c1cccc(-c2ccccc2)n1)[C@@H](C)O)O[B]O[C@H](CC(C)C)NC(=O)[C@@H](NC(=O)c1cccc(-c2ccccc2)n1)[C@@H](C)O. The van der Waals surface area contributed by atoms with Crippen molar-refractivity contribution in [2.45, 2.75) is 91.1 Å². The maximum absolute atomic E-state index is 13.5. The molecule has 4 amide bonds. The number of amides is 4. The van der Waals surface area contributed by atoms with Crippen LogP contribution in [0, 0.1) is 11.8 Å². The predicted molar refractivity (Wildman–Crippen MR) is 216 cm³/mol. The van der Waals surface area contributed by atoms with Gasteiger partial charge in [-0.2, -0.15) is 0 Å². The van der Waals surface area contributed by atoms with Crippen molar-refractivity contribution in [3.8, 4) is 22.5 Å². The zero-order chi connectivity index (χ0) is 41.5. The summed E-state index contributed by atoms with van der Waals surface area (Å²) >= 11 is 0. The summed E-state index contributed by atoms with van der Waals surface area (Å²) < 4.78 is 11.6. The number of carbonyl (C=O) groups excluding carboxylic acids is 4. The van der Waals surface area contributed by atoms with E-state index in [9.17, 15) is 29.4 Å². The third-order valence-electron chi connectivity index (χ3n) is 8.62. The van der Waals surface area contributed by atoms with Gasteiger partial charge in [-0.05, 0) is 62.8 Å². The van der Waals surface area contributed by atoms with Gasteiger partial charge in [0.25, 0.3) is 11.8 Å². The van der Waals surface area contributed by atoms with E-state index in [4.69, 9.17) is 9.31 Å². The fourth-order valence-corrected chi connectivity index (χ4v) is 5.72. The highest BCUT2D eigenvalue weighted by Gasteiger charge is 2.31. The fourth-order valence-electron chi connectivity index (χ4n) is 5.72. The van der Waals surface area contributed by atoms with Gasteiger partial charge in [0.05, 0.1) is 23.6 Å². The Morgan fingerprint density at radius 3 is 1.25 bits per heavy atom. The van der Waals surface area contributed by atoms with Crippen molar-refractivity contribution in [2.75, 3.05) is 0 Å². The molecule has 6 atom stereocenters. The molecule has 301 valence electrons. The summed E-state index contributed by atoms with van der Waals surface area (Å²) in [6.45, 7) is 10.4. The fraction of sp³-hybridized carbons (Fsp3) is 0.381. The third kappa shape index (κ3) is 13.9. The third-order valence-corrected chi connectivity index (χ3v) is 8.62. The smallest absolute Gasteiger partial charge is 0.393 e. The van der Waals surface area contributed by atoms with E-state index in [-0.39, 0.29) is 23.2 Å². The molecule has 0 fully saturated rings. The number of nitrogens with zero attached hydrogens (tertiary/aromatic N) is 2. The molecule has 0 aliphatic heterocycles. The van der Waals surface area contributed by atoms with Crippen molar-refractivity contribution in [3.05, 3.63) is 108 Å². The maximum Gasteiger partial charge on any atom is 0.491 e. The summed E-state index contributed by atoms with van der Waals surface area (Å²) in [6, 6.07) is 25.9. The molecule has 0 aliphatic rings. The Labute approximate surface area is 334 Å². The van der Waals surface area contributed by atoms with Crippen LogP contribution in [0.5, 0.6) is 0 Å². The molecule has 4 aromatic rings. The van der Waals surface area contributed by atoms with Gasteiger partial charge in [-0.3, -0.25) is 19.2 Å². The molecule has 1 radical (unpaired) electrons. The second kappa shape index (κ2) is 21.7. The Hall–Kier alpha value is -5.48. The topological polar surface area (TPSA) is 201 Å². The minimum absolute atomic E-state index is 0.0395. The molecule has 0 saturated carbocycles. The van der Waals surface area contributed by atoms with Gasteiger partial charge in [-0.15, -0.1) is 0 Å². The number of rotatable bonds is 20. The van der Waals surface area contributed by atoms with Crippen LogP contribution in [0.25, 0.3) is 22.5 Å². The van der Waals surface area contributed by atoms with Gasteiger partial charge >= 0.3 is 7.69 Å². The van der Waals surface area contributed by atoms with Crippen LogP contribution >= 0.6 is 0 Å². The lowest BCUT2D eigenvalue weighted by molar-refractivity contribution is -0.128. The van der Waals surface area contributed by atoms with E-state index < -0.39 is 60.4 Å². The highest BCUT2D eigenvalue weighted by Crippen LogP contribution is 2.18. The molecule has 2 heterocycles. The van der Waals surface area contributed by atoms with Gasteiger partial charge in [0.1, 0.15) is 35.9 Å². The predicted octanol–water partition coefficient (Wildman–Crippen LogP) is 4.01. The van der Waals surface area contributed by atoms with Crippen LogP contribution in [0.2, 0.25) is 0 Å². The Bertz CT molecular complexity index is 1780. The molecule has 14 nitrogen and oxygen atoms in total. The van der Waals surface area contributed by atoms with Crippen molar-refractivity contribution < 1.29 is 38.7 Å². The van der Waals surface area contributed by atoms with Crippen molar-refractivity contribution >= 4 is 31.3 Å². The minimum atomic E-state index is -1.35. The normalized spacial score (nSPS) is 14.4. The van der Waals surface area contributed by atoms with Gasteiger partial charge in [0.15, 0.2) is 0 Å². The van der Waals surface area contributed by atoms with Crippen molar-refractivity contribution in [3.63, 3.8) is 0 Å². The molecule has 6 N–H and O–H groups in total. The van der Waals surface area contributed by atoms with E-state index in [1.807, 2.05) is 88.4 Å². The molecular formula is C42H52BN6O8. The number of benzene rings is 2. The van der Waals surface area contributed by atoms with Crippen LogP contribution in [-0.2, 0) is 18.9 Å². The Balaban J connectivity index is 1.37. The van der Waals surface area contributed by atoms with E-state index in [0.717, 1.165) is 18.8 Å². The molecule has 0 saturated heterocycles. The van der Waals surface area contributed by atoms with Crippen molar-refractivity contribution in [2.24, 2.45) is 11.8 Å². The van der Waals surface area contributed by atoms with Crippen molar-refractivity contribution in [1.29, 1.82) is 0 Å². The standard InChI is InChI=1S/C42H52BN6O8/c1-25(2)23-35(46-41(54)37(27(5)50)48-39(52)33-21-13-19-31(44-33)29-15-9-7-10-16-29)56-43-57-36(24-26(3)4)47-42(55)38(28(6)51)49-40(53)34-22-14-20-32(45-34)30-17-11-8-12-18-30/h7-22,25-28,35-38,50-51H,23-24H2,1-6H3,(H,46,54)(H,47,55)(H,48,52)(H,49,53)/t27-,28-,35-,36-,37+,38+/m1/s1. The first kappa shape index (κ1) is 44.2. The monoisotopic (exact) mass is 779 g/mol. The van der Waals surface area contributed by atoms with Gasteiger partial charge < -0.3 is 40.8 Å². The van der Waals surface area contributed by atoms with Crippen LogP contribution < -0.4 is 21.3 Å². The zero-order valence-corrected chi connectivity index (χ0v) is 33.1. The van der Waals surface area contributed by atoms with E-state index in [1.165, 1.54) is 26.0 Å². The second-order valence-corrected chi connectivity index (χ2v) is 14.6. The number of hydrogen-bond acceptors (Lipinski definition) is 10. The average Bonchev–Trinajstić information content (AvgIpc) is 3.18. The van der Waals surface area contributed by atoms with E-state index >= 15 is 0 Å². The first-order chi connectivity index (χ1) is 27.2. The molecule has 0 bridgehead atoms. The lowest BCUT2D eigenvalue weighted by Gasteiger charge is -2.28. The highest BCUT2D eigenvalue weighted by atomic mass is 16.6. The molecule has 0 unspecified atom stereocenters. The number of aliphatic hydroxyl groups excluding tert-OH is 2. The highest BCUT2D eigenvalue weighted by molar-refractivity contribution is 6.18. The Morgan fingerprint density at radius 2 is 0.912 bits per heavy atom.